The quantitative estimate of drug-likeness (QED) is 0.626. The molecule has 0 radical (unpaired) electrons. The van der Waals surface area contributed by atoms with Crippen LogP contribution in [0.25, 0.3) is 0 Å². The summed E-state index contributed by atoms with van der Waals surface area (Å²) in [7, 11) is -3.52. The van der Waals surface area contributed by atoms with Gasteiger partial charge in [-0.3, -0.25) is 0 Å². The molecule has 3 nitrogen and oxygen atoms in total. The molecule has 7 heteroatoms. The summed E-state index contributed by atoms with van der Waals surface area (Å²) in [6.45, 7) is 1.74. The monoisotopic (exact) mass is 435 g/mol. The van der Waals surface area contributed by atoms with Crippen molar-refractivity contribution in [2.45, 2.75) is 69.7 Å². The molecule has 2 atom stereocenters. The lowest BCUT2D eigenvalue weighted by Crippen LogP contribution is -2.50. The average molecular weight is 436 g/mol. The van der Waals surface area contributed by atoms with Crippen LogP contribution in [-0.2, 0) is 16.6 Å². The van der Waals surface area contributed by atoms with Gasteiger partial charge in [0.25, 0.3) is 0 Å². The van der Waals surface area contributed by atoms with E-state index in [4.69, 9.17) is 0 Å². The first kappa shape index (κ1) is 19.2. The van der Waals surface area contributed by atoms with E-state index in [9.17, 15) is 17.2 Å². The van der Waals surface area contributed by atoms with Gasteiger partial charge in [-0.15, -0.1) is 0 Å². The summed E-state index contributed by atoms with van der Waals surface area (Å²) in [4.78, 5) is 0. The Labute approximate surface area is 157 Å². The van der Waals surface area contributed by atoms with Crippen LogP contribution in [0.2, 0.25) is 0 Å². The van der Waals surface area contributed by atoms with Crippen molar-refractivity contribution in [2.24, 2.45) is 5.92 Å². The molecule has 3 rings (SSSR count). The van der Waals surface area contributed by atoms with Gasteiger partial charge in [0.05, 0.1) is 9.72 Å². The van der Waals surface area contributed by atoms with Gasteiger partial charge in [-0.1, -0.05) is 19.3 Å². The minimum atomic E-state index is -3.52. The van der Waals surface area contributed by atoms with Crippen molar-refractivity contribution >= 4 is 26.0 Å². The van der Waals surface area contributed by atoms with Crippen LogP contribution in [0.3, 0.4) is 0 Å². The molecule has 140 valence electrons. The second-order valence-corrected chi connectivity index (χ2v) is 10.3. The van der Waals surface area contributed by atoms with E-state index in [0.717, 1.165) is 44.2 Å². The van der Waals surface area contributed by atoms with Gasteiger partial charge in [0, 0.05) is 18.2 Å². The van der Waals surface area contributed by atoms with E-state index in [-0.39, 0.29) is 33.8 Å². The van der Waals surface area contributed by atoms with E-state index in [0.29, 0.717) is 6.42 Å². The third-order valence-corrected chi connectivity index (χ3v) is 8.80. The fourth-order valence-electron chi connectivity index (χ4n) is 4.21. The minimum Gasteiger partial charge on any atom is -0.212 e. The molecule has 1 heterocycles. The van der Waals surface area contributed by atoms with Crippen LogP contribution >= 0.6 is 15.9 Å². The molecule has 25 heavy (non-hydrogen) atoms. The Morgan fingerprint density at radius 3 is 2.44 bits per heavy atom. The summed E-state index contributed by atoms with van der Waals surface area (Å²) in [5.74, 6) is -0.974. The molecule has 1 saturated carbocycles. The van der Waals surface area contributed by atoms with E-state index in [2.05, 4.69) is 15.9 Å². The maximum Gasteiger partial charge on any atom is 0.217 e. The van der Waals surface area contributed by atoms with Crippen molar-refractivity contribution in [3.8, 4) is 0 Å². The summed E-state index contributed by atoms with van der Waals surface area (Å²) in [5.41, 5.74) is 0.0837. The molecule has 1 aliphatic heterocycles. The first-order valence-electron chi connectivity index (χ1n) is 8.94. The first-order chi connectivity index (χ1) is 11.8. The third kappa shape index (κ3) is 3.93. The predicted octanol–water partition coefficient (Wildman–Crippen LogP) is 4.99. The zero-order valence-corrected chi connectivity index (χ0v) is 16.8. The Balaban J connectivity index is 1.87. The minimum absolute atomic E-state index is 0.0448. The highest BCUT2D eigenvalue weighted by Gasteiger charge is 2.43. The smallest absolute Gasteiger partial charge is 0.212 e. The van der Waals surface area contributed by atoms with Crippen LogP contribution in [0.1, 0.15) is 57.4 Å². The number of benzene rings is 1. The van der Waals surface area contributed by atoms with Gasteiger partial charge in [0.15, 0.2) is 0 Å². The van der Waals surface area contributed by atoms with Crippen LogP contribution in [0.5, 0.6) is 0 Å². The molecule has 0 aromatic heterocycles. The number of sulfonamides is 1. The lowest BCUT2D eigenvalue weighted by molar-refractivity contribution is 0.241. The SMILES string of the molecule is C[C@H]1CCC(C2CCCCC2)S(=O)(=O)N1Cc1cc(F)c(Br)cc1F. The molecular weight excluding hydrogens is 412 g/mol. The van der Waals surface area contributed by atoms with Crippen molar-refractivity contribution in [3.05, 3.63) is 33.8 Å². The highest BCUT2D eigenvalue weighted by Crippen LogP contribution is 2.38. The molecule has 0 N–H and O–H groups in total. The largest absolute Gasteiger partial charge is 0.217 e. The van der Waals surface area contributed by atoms with E-state index >= 15 is 0 Å². The number of nitrogens with zero attached hydrogens (tertiary/aromatic N) is 1. The number of hydrogen-bond acceptors (Lipinski definition) is 2. The Kier molecular flexibility index (Phi) is 5.85. The number of rotatable bonds is 3. The zero-order valence-electron chi connectivity index (χ0n) is 14.3. The van der Waals surface area contributed by atoms with Crippen LogP contribution in [-0.4, -0.2) is 24.0 Å². The third-order valence-electron chi connectivity index (χ3n) is 5.66. The van der Waals surface area contributed by atoms with Crippen LogP contribution in [0, 0.1) is 17.6 Å². The second kappa shape index (κ2) is 7.61. The molecule has 2 fully saturated rings. The maximum absolute atomic E-state index is 14.2. The summed E-state index contributed by atoms with van der Waals surface area (Å²) in [6, 6.07) is 1.95. The zero-order chi connectivity index (χ0) is 18.2. The van der Waals surface area contributed by atoms with Gasteiger partial charge in [-0.25, -0.2) is 17.2 Å². The van der Waals surface area contributed by atoms with Crippen molar-refractivity contribution in [2.75, 3.05) is 0 Å². The fourth-order valence-corrected chi connectivity index (χ4v) is 6.99. The maximum atomic E-state index is 14.2. The van der Waals surface area contributed by atoms with Crippen LogP contribution < -0.4 is 0 Å². The molecule has 2 aliphatic rings. The molecule has 0 spiro atoms. The van der Waals surface area contributed by atoms with Gasteiger partial charge >= 0.3 is 0 Å². The van der Waals surface area contributed by atoms with Gasteiger partial charge in [-0.05, 0) is 66.6 Å². The average Bonchev–Trinajstić information content (AvgIpc) is 2.56. The Morgan fingerprint density at radius 2 is 1.76 bits per heavy atom. The normalized spacial score (nSPS) is 28.2. The number of halogens is 3. The van der Waals surface area contributed by atoms with Crippen molar-refractivity contribution in [1.29, 1.82) is 0 Å². The fraction of sp³-hybridized carbons (Fsp3) is 0.667. The molecule has 1 aliphatic carbocycles. The summed E-state index contributed by atoms with van der Waals surface area (Å²) >= 11 is 2.95. The van der Waals surface area contributed by atoms with Gasteiger partial charge < -0.3 is 0 Å². The highest BCUT2D eigenvalue weighted by atomic mass is 79.9. The van der Waals surface area contributed by atoms with E-state index in [1.54, 1.807) is 0 Å². The van der Waals surface area contributed by atoms with Crippen molar-refractivity contribution in [3.63, 3.8) is 0 Å². The summed E-state index contributed by atoms with van der Waals surface area (Å²) in [5, 5.41) is -0.382. The van der Waals surface area contributed by atoms with E-state index in [1.807, 2.05) is 6.92 Å². The summed E-state index contributed by atoms with van der Waals surface area (Å²) < 4.78 is 55.8. The molecule has 0 amide bonds. The topological polar surface area (TPSA) is 37.4 Å². The summed E-state index contributed by atoms with van der Waals surface area (Å²) in [6.07, 6.45) is 6.67. The molecule has 0 bridgehead atoms. The van der Waals surface area contributed by atoms with Crippen molar-refractivity contribution in [1.82, 2.24) is 4.31 Å². The first-order valence-corrected chi connectivity index (χ1v) is 11.2. The van der Waals surface area contributed by atoms with Crippen LogP contribution in [0.4, 0.5) is 8.78 Å². The molecule has 1 saturated heterocycles. The predicted molar refractivity (Wildman–Crippen MR) is 97.6 cm³/mol. The lowest BCUT2D eigenvalue weighted by Gasteiger charge is -2.41. The standard InChI is InChI=1S/C18H24BrF2NO2S/c1-12-7-8-18(13-5-3-2-4-6-13)25(23,24)22(12)11-14-9-17(21)15(19)10-16(14)20/h9-10,12-13,18H,2-8,11H2,1H3/t12-,18?/m0/s1. The Morgan fingerprint density at radius 1 is 1.08 bits per heavy atom. The molecule has 1 aromatic rings. The van der Waals surface area contributed by atoms with Gasteiger partial charge in [-0.2, -0.15) is 4.31 Å². The highest BCUT2D eigenvalue weighted by molar-refractivity contribution is 9.10. The number of hydrogen-bond donors (Lipinski definition) is 0. The van der Waals surface area contributed by atoms with Gasteiger partial charge in [0.1, 0.15) is 11.6 Å². The Hall–Kier alpha value is -0.530. The second-order valence-electron chi connectivity index (χ2n) is 7.31. The molecule has 1 unspecified atom stereocenters. The van der Waals surface area contributed by atoms with Gasteiger partial charge in [0.2, 0.25) is 10.0 Å². The lowest BCUT2D eigenvalue weighted by atomic mass is 9.85. The van der Waals surface area contributed by atoms with Crippen LogP contribution in [0.15, 0.2) is 16.6 Å². The van der Waals surface area contributed by atoms with E-state index in [1.165, 1.54) is 10.7 Å². The Bertz CT molecular complexity index is 735. The molecule has 1 aromatic carbocycles. The molecular formula is C18H24BrF2NO2S. The van der Waals surface area contributed by atoms with Crippen molar-refractivity contribution < 1.29 is 17.2 Å². The van der Waals surface area contributed by atoms with E-state index < -0.39 is 21.7 Å².